The van der Waals surface area contributed by atoms with Crippen molar-refractivity contribution in [3.63, 3.8) is 0 Å². The van der Waals surface area contributed by atoms with Gasteiger partial charge in [-0.1, -0.05) is 19.9 Å². The molecular formula is C16H23N5. The zero-order valence-electron chi connectivity index (χ0n) is 13.0. The molecule has 1 fully saturated rings. The average Bonchev–Trinajstić information content (AvgIpc) is 2.90. The van der Waals surface area contributed by atoms with Crippen LogP contribution in [0.5, 0.6) is 0 Å². The van der Waals surface area contributed by atoms with Crippen LogP contribution in [0.2, 0.25) is 0 Å². The lowest BCUT2D eigenvalue weighted by Crippen LogP contribution is -2.24. The van der Waals surface area contributed by atoms with E-state index in [0.717, 1.165) is 35.5 Å². The highest BCUT2D eigenvalue weighted by Crippen LogP contribution is 2.41. The fraction of sp³-hybridized carbons (Fsp3) is 0.562. The molecule has 112 valence electrons. The number of nitrogens with zero attached hydrogens (tertiary/aromatic N) is 4. The number of tetrazole rings is 1. The van der Waals surface area contributed by atoms with E-state index in [1.54, 1.807) is 0 Å². The third-order valence-electron chi connectivity index (χ3n) is 4.65. The molecule has 5 heteroatoms. The molecule has 1 aromatic heterocycles. The summed E-state index contributed by atoms with van der Waals surface area (Å²) in [5.41, 5.74) is 9.29. The van der Waals surface area contributed by atoms with Gasteiger partial charge in [0.25, 0.3) is 0 Å². The number of rotatable bonds is 2. The molecule has 1 saturated carbocycles. The van der Waals surface area contributed by atoms with Crippen LogP contribution in [-0.2, 0) is 0 Å². The predicted molar refractivity (Wildman–Crippen MR) is 83.7 cm³/mol. The van der Waals surface area contributed by atoms with Gasteiger partial charge >= 0.3 is 0 Å². The summed E-state index contributed by atoms with van der Waals surface area (Å²) in [6.45, 7) is 6.75. The number of anilines is 1. The van der Waals surface area contributed by atoms with Crippen LogP contribution in [0, 0.1) is 12.3 Å². The van der Waals surface area contributed by atoms with Crippen LogP contribution in [0.4, 0.5) is 5.69 Å². The van der Waals surface area contributed by atoms with Gasteiger partial charge < -0.3 is 5.73 Å². The molecule has 21 heavy (non-hydrogen) atoms. The number of hydrogen-bond donors (Lipinski definition) is 1. The van der Waals surface area contributed by atoms with E-state index in [0.29, 0.717) is 11.5 Å². The van der Waals surface area contributed by atoms with Crippen LogP contribution in [0.25, 0.3) is 11.4 Å². The minimum atomic E-state index is 0.392. The Morgan fingerprint density at radius 1 is 1.24 bits per heavy atom. The van der Waals surface area contributed by atoms with E-state index < -0.39 is 0 Å². The van der Waals surface area contributed by atoms with Crippen LogP contribution in [0.1, 0.15) is 51.1 Å². The van der Waals surface area contributed by atoms with Crippen molar-refractivity contribution < 1.29 is 0 Å². The van der Waals surface area contributed by atoms with Gasteiger partial charge in [-0.05, 0) is 66.1 Å². The zero-order chi connectivity index (χ0) is 15.0. The molecule has 0 unspecified atom stereocenters. The molecule has 0 spiro atoms. The second-order valence-electron chi connectivity index (χ2n) is 6.92. The summed E-state index contributed by atoms with van der Waals surface area (Å²) in [6.07, 6.45) is 4.69. The number of nitrogen functional groups attached to an aromatic ring is 1. The molecule has 1 aromatic carbocycles. The summed E-state index contributed by atoms with van der Waals surface area (Å²) in [5, 5.41) is 12.4. The Morgan fingerprint density at radius 3 is 2.67 bits per heavy atom. The largest absolute Gasteiger partial charge is 0.399 e. The molecular weight excluding hydrogens is 262 g/mol. The summed E-state index contributed by atoms with van der Waals surface area (Å²) < 4.78 is 2.00. The summed E-state index contributed by atoms with van der Waals surface area (Å²) in [5.74, 6) is 0.838. The lowest BCUT2D eigenvalue weighted by molar-refractivity contribution is 0.185. The van der Waals surface area contributed by atoms with E-state index in [9.17, 15) is 0 Å². The summed E-state index contributed by atoms with van der Waals surface area (Å²) in [4.78, 5) is 0. The molecule has 5 nitrogen and oxygen atoms in total. The Morgan fingerprint density at radius 2 is 1.95 bits per heavy atom. The van der Waals surface area contributed by atoms with Gasteiger partial charge in [0.2, 0.25) is 0 Å². The van der Waals surface area contributed by atoms with Gasteiger partial charge in [-0.15, -0.1) is 5.10 Å². The Hall–Kier alpha value is -1.91. The molecule has 0 atom stereocenters. The van der Waals surface area contributed by atoms with E-state index in [4.69, 9.17) is 5.73 Å². The molecule has 1 aliphatic carbocycles. The van der Waals surface area contributed by atoms with Gasteiger partial charge in [0, 0.05) is 11.3 Å². The molecule has 3 rings (SSSR count). The lowest BCUT2D eigenvalue weighted by Gasteiger charge is -2.34. The van der Waals surface area contributed by atoms with Crippen molar-refractivity contribution in [1.29, 1.82) is 0 Å². The molecule has 1 heterocycles. The predicted octanol–water partition coefficient (Wildman–Crippen LogP) is 3.37. The molecule has 2 N–H and O–H groups in total. The molecule has 0 radical (unpaired) electrons. The van der Waals surface area contributed by atoms with Crippen molar-refractivity contribution in [2.24, 2.45) is 5.41 Å². The first-order valence-electron chi connectivity index (χ1n) is 7.61. The van der Waals surface area contributed by atoms with Gasteiger partial charge in [0.15, 0.2) is 5.82 Å². The minimum absolute atomic E-state index is 0.392. The number of benzene rings is 1. The maximum absolute atomic E-state index is 5.92. The van der Waals surface area contributed by atoms with Crippen molar-refractivity contribution >= 4 is 5.69 Å². The van der Waals surface area contributed by atoms with Crippen molar-refractivity contribution in [3.05, 3.63) is 23.8 Å². The zero-order valence-corrected chi connectivity index (χ0v) is 13.0. The number of aryl methyl sites for hydroxylation is 1. The number of aromatic nitrogens is 4. The fourth-order valence-corrected chi connectivity index (χ4v) is 3.13. The quantitative estimate of drug-likeness (QED) is 0.859. The Kier molecular flexibility index (Phi) is 3.43. The number of nitrogens with two attached hydrogens (primary N) is 1. The van der Waals surface area contributed by atoms with E-state index in [-0.39, 0.29) is 0 Å². The normalized spacial score (nSPS) is 18.8. The summed E-state index contributed by atoms with van der Waals surface area (Å²) >= 11 is 0. The fourth-order valence-electron chi connectivity index (χ4n) is 3.13. The maximum atomic E-state index is 5.92. The Bertz CT molecular complexity index is 634. The minimum Gasteiger partial charge on any atom is -0.399 e. The average molecular weight is 285 g/mol. The van der Waals surface area contributed by atoms with Gasteiger partial charge in [-0.2, -0.15) is 0 Å². The Balaban J connectivity index is 1.93. The van der Waals surface area contributed by atoms with E-state index in [2.05, 4.69) is 36.3 Å². The standard InChI is InChI=1S/C16H23N5/c1-11-4-5-12(17)10-14(11)15-18-19-20-21(15)13-6-8-16(2,3)9-7-13/h4-5,10,13H,6-9,17H2,1-3H3. The summed E-state index contributed by atoms with van der Waals surface area (Å²) in [6, 6.07) is 6.29. The van der Waals surface area contributed by atoms with Crippen molar-refractivity contribution in [1.82, 2.24) is 20.2 Å². The Labute approximate surface area is 125 Å². The van der Waals surface area contributed by atoms with Crippen molar-refractivity contribution in [2.45, 2.75) is 52.5 Å². The first-order valence-corrected chi connectivity index (χ1v) is 7.61. The monoisotopic (exact) mass is 285 g/mol. The molecule has 0 amide bonds. The number of hydrogen-bond acceptors (Lipinski definition) is 4. The molecule has 0 bridgehead atoms. The van der Waals surface area contributed by atoms with Gasteiger partial charge in [-0.3, -0.25) is 0 Å². The van der Waals surface area contributed by atoms with Gasteiger partial charge in [0.1, 0.15) is 0 Å². The topological polar surface area (TPSA) is 69.6 Å². The molecule has 0 saturated heterocycles. The van der Waals surface area contributed by atoms with Crippen LogP contribution in [0.15, 0.2) is 18.2 Å². The highest BCUT2D eigenvalue weighted by molar-refractivity contribution is 5.65. The smallest absolute Gasteiger partial charge is 0.182 e. The van der Waals surface area contributed by atoms with Crippen LogP contribution < -0.4 is 5.73 Å². The van der Waals surface area contributed by atoms with E-state index in [1.165, 1.54) is 12.8 Å². The van der Waals surface area contributed by atoms with Crippen LogP contribution in [-0.4, -0.2) is 20.2 Å². The van der Waals surface area contributed by atoms with Crippen LogP contribution >= 0.6 is 0 Å². The highest BCUT2D eigenvalue weighted by atomic mass is 15.5. The third-order valence-corrected chi connectivity index (χ3v) is 4.65. The maximum Gasteiger partial charge on any atom is 0.182 e. The van der Waals surface area contributed by atoms with Crippen LogP contribution in [0.3, 0.4) is 0 Å². The van der Waals surface area contributed by atoms with E-state index >= 15 is 0 Å². The van der Waals surface area contributed by atoms with Crippen molar-refractivity contribution in [3.8, 4) is 11.4 Å². The SMILES string of the molecule is Cc1ccc(N)cc1-c1nnnn1C1CCC(C)(C)CC1. The van der Waals surface area contributed by atoms with Gasteiger partial charge in [0.05, 0.1) is 6.04 Å². The van der Waals surface area contributed by atoms with Gasteiger partial charge in [-0.25, -0.2) is 4.68 Å². The molecule has 2 aromatic rings. The second kappa shape index (κ2) is 5.13. The summed E-state index contributed by atoms with van der Waals surface area (Å²) in [7, 11) is 0. The molecule has 0 aliphatic heterocycles. The second-order valence-corrected chi connectivity index (χ2v) is 6.92. The molecule has 1 aliphatic rings. The first-order chi connectivity index (χ1) is 9.96. The highest BCUT2D eigenvalue weighted by Gasteiger charge is 2.30. The van der Waals surface area contributed by atoms with Crippen molar-refractivity contribution in [2.75, 3.05) is 5.73 Å². The van der Waals surface area contributed by atoms with E-state index in [1.807, 2.05) is 22.9 Å². The lowest BCUT2D eigenvalue weighted by atomic mass is 9.75. The first kappa shape index (κ1) is 14.0. The third kappa shape index (κ3) is 2.77.